The van der Waals surface area contributed by atoms with Crippen LogP contribution in [0.15, 0.2) is 0 Å². The Morgan fingerprint density at radius 1 is 1.25 bits per heavy atom. The molecule has 0 amide bonds. The summed E-state index contributed by atoms with van der Waals surface area (Å²) in [7, 11) is -2.96. The first kappa shape index (κ1) is 26.7. The van der Waals surface area contributed by atoms with Gasteiger partial charge in [-0.25, -0.2) is 4.57 Å². The van der Waals surface area contributed by atoms with E-state index in [2.05, 4.69) is 33.2 Å². The highest BCUT2D eigenvalue weighted by molar-refractivity contribution is 7.99. The molecule has 1 rings (SSSR count). The summed E-state index contributed by atoms with van der Waals surface area (Å²) in [5.41, 5.74) is 0. The lowest BCUT2D eigenvalue weighted by atomic mass is 9.66. The van der Waals surface area contributed by atoms with Crippen molar-refractivity contribution in [3.05, 3.63) is 0 Å². The minimum atomic E-state index is -4.09. The minimum Gasteiger partial charge on any atom is -0.379 e. The van der Waals surface area contributed by atoms with Crippen LogP contribution in [-0.2, 0) is 23.1 Å². The second-order valence-corrected chi connectivity index (χ2v) is 17.3. The van der Waals surface area contributed by atoms with Crippen LogP contribution in [0.5, 0.6) is 0 Å². The maximum absolute atomic E-state index is 12.0. The van der Waals surface area contributed by atoms with E-state index in [-0.39, 0.29) is 37.0 Å². The van der Waals surface area contributed by atoms with Gasteiger partial charge in [0.15, 0.2) is 7.28 Å². The summed E-state index contributed by atoms with van der Waals surface area (Å²) in [6, 6.07) is 1.24. The van der Waals surface area contributed by atoms with Gasteiger partial charge in [-0.2, -0.15) is 11.8 Å². The van der Waals surface area contributed by atoms with Crippen LogP contribution in [0.2, 0.25) is 32.0 Å². The Balaban J connectivity index is 2.61. The van der Waals surface area contributed by atoms with Gasteiger partial charge in [0.25, 0.3) is 0 Å². The highest BCUT2D eigenvalue weighted by Gasteiger charge is 2.39. The number of rotatable bonds is 13. The molecule has 5 unspecified atom stereocenters. The van der Waals surface area contributed by atoms with Crippen LogP contribution < -0.4 is 0 Å². The van der Waals surface area contributed by atoms with Gasteiger partial charge >= 0.3 is 7.82 Å². The zero-order valence-corrected chi connectivity index (χ0v) is 21.4. The van der Waals surface area contributed by atoms with Crippen molar-refractivity contribution in [3.63, 3.8) is 0 Å². The quantitative estimate of drug-likeness (QED) is 0.322. The van der Waals surface area contributed by atoms with Crippen LogP contribution >= 0.6 is 19.6 Å². The Morgan fingerprint density at radius 3 is 2.39 bits per heavy atom. The third-order valence-electron chi connectivity index (χ3n) is 4.26. The molecule has 0 aromatic rings. The molecule has 0 spiro atoms. The van der Waals surface area contributed by atoms with Crippen LogP contribution in [0.25, 0.3) is 0 Å². The molecule has 1 aliphatic rings. The second-order valence-electron chi connectivity index (χ2n) is 9.18. The van der Waals surface area contributed by atoms with Gasteiger partial charge in [-0.15, -0.1) is 0 Å². The predicted molar refractivity (Wildman–Crippen MR) is 121 cm³/mol. The van der Waals surface area contributed by atoms with Crippen LogP contribution in [0.4, 0.5) is 0 Å². The van der Waals surface area contributed by atoms with Gasteiger partial charge in [-0.05, 0) is 51.7 Å². The van der Waals surface area contributed by atoms with Gasteiger partial charge in [0.05, 0.1) is 24.9 Å². The van der Waals surface area contributed by atoms with Crippen molar-refractivity contribution >= 4 is 34.9 Å². The fourth-order valence-corrected chi connectivity index (χ4v) is 8.19. The second kappa shape index (κ2) is 11.9. The third-order valence-corrected chi connectivity index (χ3v) is 8.46. The van der Waals surface area contributed by atoms with Crippen molar-refractivity contribution < 1.29 is 28.0 Å². The van der Waals surface area contributed by atoms with Crippen LogP contribution in [0, 0.1) is 0 Å². The lowest BCUT2D eigenvalue weighted by Gasteiger charge is -2.24. The molecule has 10 heteroatoms. The molecule has 165 valence electrons. The van der Waals surface area contributed by atoms with Crippen molar-refractivity contribution in [2.45, 2.75) is 102 Å². The van der Waals surface area contributed by atoms with Crippen molar-refractivity contribution in [1.29, 1.82) is 0 Å². The highest BCUT2D eigenvalue weighted by Crippen LogP contribution is 2.45. The molecule has 0 aliphatic carbocycles. The standard InChI is InChI=1S/C18H39BO6PSSi/c1-13(2)23-16-9-18(19-10-15(27-5)12-28(6,7)8)24-17(16)11-22-26(20,21)25-14(3)4/h13-18H,9-12H2,1-8H3,(H,20,21). The molecular weight excluding hydrogens is 414 g/mol. The van der Waals surface area contributed by atoms with E-state index in [1.54, 1.807) is 13.8 Å². The molecule has 0 saturated carbocycles. The van der Waals surface area contributed by atoms with Crippen molar-refractivity contribution in [2.24, 2.45) is 0 Å². The number of ether oxygens (including phenoxy) is 2. The van der Waals surface area contributed by atoms with Crippen LogP contribution in [-0.4, -0.2) is 68.8 Å². The van der Waals surface area contributed by atoms with E-state index in [0.29, 0.717) is 5.25 Å². The van der Waals surface area contributed by atoms with Crippen molar-refractivity contribution in [3.8, 4) is 0 Å². The number of hydrogen-bond acceptors (Lipinski definition) is 6. The largest absolute Gasteiger partial charge is 0.472 e. The zero-order chi connectivity index (χ0) is 21.5. The van der Waals surface area contributed by atoms with E-state index < -0.39 is 15.9 Å². The molecule has 0 bridgehead atoms. The average Bonchev–Trinajstić information content (AvgIpc) is 2.88. The SMILES string of the molecule is CSC(C[B]C1CC(OC(C)C)C(COP(=O)(O)OC(C)C)O1)C[Si](C)(C)C. The van der Waals surface area contributed by atoms with Gasteiger partial charge in [-0.3, -0.25) is 9.05 Å². The van der Waals surface area contributed by atoms with Crippen LogP contribution in [0.1, 0.15) is 34.1 Å². The average molecular weight is 453 g/mol. The Kier molecular flexibility index (Phi) is 11.3. The molecular formula is C18H39BO6PSSi. The summed E-state index contributed by atoms with van der Waals surface area (Å²) in [5.74, 6) is 0. The normalized spacial score (nSPS) is 26.6. The molecule has 1 saturated heterocycles. The first-order chi connectivity index (χ1) is 12.8. The topological polar surface area (TPSA) is 74.2 Å². The molecule has 1 heterocycles. The zero-order valence-electron chi connectivity index (χ0n) is 18.7. The summed E-state index contributed by atoms with van der Waals surface area (Å²) < 4.78 is 34.2. The van der Waals surface area contributed by atoms with Gasteiger partial charge in [0.2, 0.25) is 0 Å². The predicted octanol–water partition coefficient (Wildman–Crippen LogP) is 4.63. The van der Waals surface area contributed by atoms with E-state index in [0.717, 1.165) is 12.7 Å². The lowest BCUT2D eigenvalue weighted by Crippen LogP contribution is -2.31. The fraction of sp³-hybridized carbons (Fsp3) is 1.00. The highest BCUT2D eigenvalue weighted by atomic mass is 32.2. The van der Waals surface area contributed by atoms with E-state index in [1.165, 1.54) is 6.04 Å². The molecule has 0 aromatic carbocycles. The van der Waals surface area contributed by atoms with Crippen molar-refractivity contribution in [1.82, 2.24) is 0 Å². The summed E-state index contributed by atoms with van der Waals surface area (Å²) in [4.78, 5) is 9.80. The Hall–Kier alpha value is 0.662. The summed E-state index contributed by atoms with van der Waals surface area (Å²) in [5, 5.41) is 0.604. The van der Waals surface area contributed by atoms with Crippen molar-refractivity contribution in [2.75, 3.05) is 12.9 Å². The molecule has 5 atom stereocenters. The first-order valence-corrected chi connectivity index (χ1v) is 16.6. The maximum atomic E-state index is 12.0. The minimum absolute atomic E-state index is 0.0247. The molecule has 1 N–H and O–H groups in total. The molecule has 1 aliphatic heterocycles. The van der Waals surface area contributed by atoms with Gasteiger partial charge < -0.3 is 14.4 Å². The molecule has 28 heavy (non-hydrogen) atoms. The maximum Gasteiger partial charge on any atom is 0.472 e. The number of thioether (sulfide) groups is 1. The Morgan fingerprint density at radius 2 is 1.89 bits per heavy atom. The Labute approximate surface area is 177 Å². The monoisotopic (exact) mass is 453 g/mol. The fourth-order valence-electron chi connectivity index (χ4n) is 3.25. The van der Waals surface area contributed by atoms with E-state index in [4.69, 9.17) is 18.5 Å². The van der Waals surface area contributed by atoms with Gasteiger partial charge in [-0.1, -0.05) is 26.0 Å². The van der Waals surface area contributed by atoms with E-state index in [9.17, 15) is 9.46 Å². The van der Waals surface area contributed by atoms with Crippen LogP contribution in [0.3, 0.4) is 0 Å². The summed E-state index contributed by atoms with van der Waals surface area (Å²) in [6.07, 6.45) is 3.01. The molecule has 1 fully saturated rings. The Bertz CT molecular complexity index is 505. The van der Waals surface area contributed by atoms with E-state index in [1.807, 2.05) is 25.6 Å². The first-order valence-electron chi connectivity index (χ1n) is 10.1. The number of phosphoric acid groups is 1. The molecule has 6 nitrogen and oxygen atoms in total. The smallest absolute Gasteiger partial charge is 0.379 e. The third kappa shape index (κ3) is 11.2. The van der Waals surface area contributed by atoms with E-state index >= 15 is 0 Å². The molecule has 0 aromatic heterocycles. The number of phosphoric ester groups is 1. The summed E-state index contributed by atoms with van der Waals surface area (Å²) in [6.45, 7) is 14.5. The number of hydrogen-bond donors (Lipinski definition) is 1. The van der Waals surface area contributed by atoms with Gasteiger partial charge in [0.1, 0.15) is 6.10 Å². The summed E-state index contributed by atoms with van der Waals surface area (Å²) >= 11 is 1.92. The lowest BCUT2D eigenvalue weighted by molar-refractivity contribution is -0.0590. The van der Waals surface area contributed by atoms with Gasteiger partial charge in [0, 0.05) is 14.1 Å². The molecule has 1 radical (unpaired) electrons.